The second-order valence-electron chi connectivity index (χ2n) is 9.20. The quantitative estimate of drug-likeness (QED) is 0.625. The molecule has 10 nitrogen and oxygen atoms in total. The number of hydrogen-bond donors (Lipinski definition) is 1. The van der Waals surface area contributed by atoms with E-state index >= 15 is 0 Å². The van der Waals surface area contributed by atoms with Crippen LogP contribution in [0, 0.1) is 11.3 Å². The Morgan fingerprint density at radius 3 is 2.66 bits per heavy atom. The number of aliphatic hydroxyl groups excluding tert-OH is 1. The number of hydrogen-bond acceptors (Lipinski definition) is 8. The van der Waals surface area contributed by atoms with Crippen LogP contribution in [0.4, 0.5) is 5.95 Å². The van der Waals surface area contributed by atoms with Crippen molar-refractivity contribution in [1.82, 2.24) is 24.1 Å². The van der Waals surface area contributed by atoms with Crippen LogP contribution >= 0.6 is 0 Å². The summed E-state index contributed by atoms with van der Waals surface area (Å²) in [4.78, 5) is 33.9. The summed E-state index contributed by atoms with van der Waals surface area (Å²) in [7, 11) is 1.74. The number of anilines is 1. The summed E-state index contributed by atoms with van der Waals surface area (Å²) in [5, 5.41) is 19.4. The first kappa shape index (κ1) is 21.4. The molecule has 35 heavy (non-hydrogen) atoms. The zero-order chi connectivity index (χ0) is 24.1. The average Bonchev–Trinajstić information content (AvgIpc) is 3.43. The van der Waals surface area contributed by atoms with Gasteiger partial charge in [-0.1, -0.05) is 6.08 Å². The third-order valence-electron chi connectivity index (χ3n) is 7.11. The lowest BCUT2D eigenvalue weighted by Gasteiger charge is -2.27. The number of aromatic nitrogens is 5. The van der Waals surface area contributed by atoms with Gasteiger partial charge in [-0.3, -0.25) is 24.0 Å². The molecular weight excluding hydrogens is 444 g/mol. The van der Waals surface area contributed by atoms with E-state index in [0.717, 1.165) is 5.56 Å². The molecule has 2 aliphatic carbocycles. The Kier molecular flexibility index (Phi) is 5.07. The van der Waals surface area contributed by atoms with E-state index in [4.69, 9.17) is 9.97 Å². The largest absolute Gasteiger partial charge is 0.393 e. The fraction of sp³-hybridized carbons (Fsp3) is 0.360. The van der Waals surface area contributed by atoms with Crippen molar-refractivity contribution in [2.45, 2.75) is 49.9 Å². The van der Waals surface area contributed by atoms with Crippen LogP contribution < -0.4 is 10.6 Å². The molecule has 1 fully saturated rings. The predicted octanol–water partition coefficient (Wildman–Crippen LogP) is 2.27. The second kappa shape index (κ2) is 8.29. The molecule has 1 aliphatic heterocycles. The van der Waals surface area contributed by atoms with Crippen LogP contribution in [0.5, 0.6) is 0 Å². The summed E-state index contributed by atoms with van der Waals surface area (Å²) >= 11 is 0. The Hall–Kier alpha value is -4.10. The normalized spacial score (nSPS) is 25.5. The lowest BCUT2D eigenvalue weighted by atomic mass is 9.93. The minimum Gasteiger partial charge on any atom is -0.393 e. The highest BCUT2D eigenvalue weighted by atomic mass is 16.3. The predicted molar refractivity (Wildman–Crippen MR) is 131 cm³/mol. The van der Waals surface area contributed by atoms with Crippen LogP contribution in [-0.2, 0) is 7.05 Å². The Labute approximate surface area is 201 Å². The van der Waals surface area contributed by atoms with Crippen LogP contribution in [0.25, 0.3) is 22.4 Å². The molecule has 6 rings (SSSR count). The molecule has 2 unspecified atom stereocenters. The maximum absolute atomic E-state index is 13.5. The number of rotatable bonds is 3. The molecule has 10 heteroatoms. The molecule has 3 aromatic rings. The smallest absolute Gasteiger partial charge is 0.330 e. The van der Waals surface area contributed by atoms with Crippen LogP contribution in [0.15, 0.2) is 58.1 Å². The first-order chi connectivity index (χ1) is 17.0. The Bertz CT molecular complexity index is 1490. The van der Waals surface area contributed by atoms with Crippen molar-refractivity contribution >= 4 is 23.5 Å². The molecule has 176 valence electrons. The molecule has 1 N–H and O–H groups in total. The van der Waals surface area contributed by atoms with E-state index in [1.807, 2.05) is 29.2 Å². The van der Waals surface area contributed by atoms with Gasteiger partial charge in [0.25, 0.3) is 0 Å². The first-order valence-electron chi connectivity index (χ1n) is 11.7. The number of imidazole rings is 1. The van der Waals surface area contributed by atoms with Gasteiger partial charge in [0.15, 0.2) is 5.65 Å². The van der Waals surface area contributed by atoms with Gasteiger partial charge in [-0.05, 0) is 50.0 Å². The number of aliphatic hydroxyl groups is 1. The van der Waals surface area contributed by atoms with E-state index < -0.39 is 0 Å². The van der Waals surface area contributed by atoms with Gasteiger partial charge in [-0.2, -0.15) is 10.2 Å². The number of nitrogens with zero attached hydrogens (tertiary/aromatic N) is 8. The zero-order valence-electron chi connectivity index (χ0n) is 19.2. The topological polar surface area (TPSA) is 125 Å². The summed E-state index contributed by atoms with van der Waals surface area (Å²) in [5.41, 5.74) is 3.08. The van der Waals surface area contributed by atoms with Crippen molar-refractivity contribution in [3.8, 4) is 17.3 Å². The van der Waals surface area contributed by atoms with Crippen molar-refractivity contribution in [3.05, 3.63) is 58.8 Å². The van der Waals surface area contributed by atoms with Crippen molar-refractivity contribution in [2.24, 2.45) is 12.0 Å². The van der Waals surface area contributed by atoms with Crippen LogP contribution in [-0.4, -0.2) is 53.7 Å². The molecule has 1 saturated carbocycles. The molecule has 0 aromatic carbocycles. The van der Waals surface area contributed by atoms with Gasteiger partial charge in [-0.15, -0.1) is 0 Å². The number of fused-ring (bicyclic) bond motifs is 2. The van der Waals surface area contributed by atoms with Gasteiger partial charge in [0.1, 0.15) is 11.2 Å². The minimum atomic E-state index is -0.326. The number of aliphatic imine (C=N–C) groups is 1. The van der Waals surface area contributed by atoms with Gasteiger partial charge < -0.3 is 5.11 Å². The number of nitriles is 1. The Morgan fingerprint density at radius 2 is 1.91 bits per heavy atom. The molecular formula is C25H24N8O2. The highest BCUT2D eigenvalue weighted by Crippen LogP contribution is 2.34. The van der Waals surface area contributed by atoms with Crippen LogP contribution in [0.2, 0.25) is 0 Å². The molecule has 0 spiro atoms. The summed E-state index contributed by atoms with van der Waals surface area (Å²) in [5.74, 6) is 0.416. The van der Waals surface area contributed by atoms with Gasteiger partial charge >= 0.3 is 5.69 Å². The summed E-state index contributed by atoms with van der Waals surface area (Å²) in [6.07, 6.45) is 13.1. The molecule has 0 amide bonds. The van der Waals surface area contributed by atoms with Crippen molar-refractivity contribution in [2.75, 3.05) is 4.90 Å². The minimum absolute atomic E-state index is 0.0506. The molecule has 2 atom stereocenters. The van der Waals surface area contributed by atoms with E-state index in [0.29, 0.717) is 54.1 Å². The molecule has 3 aromatic heterocycles. The van der Waals surface area contributed by atoms with Crippen molar-refractivity contribution < 1.29 is 5.11 Å². The number of allylic oxidation sites excluding steroid dienone is 2. The lowest BCUT2D eigenvalue weighted by molar-refractivity contribution is 0.110. The number of aryl methyl sites for hydroxylation is 1. The molecule has 0 bridgehead atoms. The fourth-order valence-electron chi connectivity index (χ4n) is 5.25. The zero-order valence-corrected chi connectivity index (χ0v) is 19.2. The SMILES string of the molecule is Cn1c(=O)n(C2CCC(O)CC2)c2nc(N3C=NC4C=CC(C#N)=CC43)nc(-c3ccncc3)c21. The van der Waals surface area contributed by atoms with E-state index in [2.05, 4.69) is 16.0 Å². The molecule has 3 aliphatic rings. The van der Waals surface area contributed by atoms with Gasteiger partial charge in [0.2, 0.25) is 5.95 Å². The van der Waals surface area contributed by atoms with Gasteiger partial charge in [0.05, 0.1) is 30.6 Å². The number of pyridine rings is 1. The van der Waals surface area contributed by atoms with Crippen LogP contribution in [0.1, 0.15) is 31.7 Å². The van der Waals surface area contributed by atoms with Crippen molar-refractivity contribution in [1.29, 1.82) is 5.26 Å². The summed E-state index contributed by atoms with van der Waals surface area (Å²) in [6.45, 7) is 0. The Balaban J connectivity index is 1.57. The third-order valence-corrected chi connectivity index (χ3v) is 7.11. The second-order valence-corrected chi connectivity index (χ2v) is 9.20. The summed E-state index contributed by atoms with van der Waals surface area (Å²) < 4.78 is 3.37. The van der Waals surface area contributed by atoms with E-state index in [-0.39, 0.29) is 29.9 Å². The van der Waals surface area contributed by atoms with Gasteiger partial charge in [0, 0.05) is 36.6 Å². The van der Waals surface area contributed by atoms with E-state index in [1.54, 1.807) is 41.0 Å². The summed E-state index contributed by atoms with van der Waals surface area (Å²) in [6, 6.07) is 5.53. The van der Waals surface area contributed by atoms with Crippen molar-refractivity contribution in [3.63, 3.8) is 0 Å². The highest BCUT2D eigenvalue weighted by molar-refractivity contribution is 5.91. The average molecular weight is 469 g/mol. The standard InChI is InChI=1S/C25H24N8O2/c1-31-22-21(16-8-10-27-11-9-16)29-24(32-14-28-19-7-2-15(13-26)12-20(19)32)30-23(22)33(25(31)35)17-3-5-18(34)6-4-17/h2,7-12,14,17-20,34H,3-6H2,1H3. The van der Waals surface area contributed by atoms with Crippen LogP contribution in [0.3, 0.4) is 0 Å². The maximum atomic E-state index is 13.5. The highest BCUT2D eigenvalue weighted by Gasteiger charge is 2.34. The third kappa shape index (κ3) is 3.47. The first-order valence-corrected chi connectivity index (χ1v) is 11.7. The lowest BCUT2D eigenvalue weighted by Crippen LogP contribution is -2.36. The fourth-order valence-corrected chi connectivity index (χ4v) is 5.25. The maximum Gasteiger partial charge on any atom is 0.330 e. The molecule has 4 heterocycles. The Morgan fingerprint density at radius 1 is 1.14 bits per heavy atom. The van der Waals surface area contributed by atoms with E-state index in [1.165, 1.54) is 0 Å². The monoisotopic (exact) mass is 468 g/mol. The van der Waals surface area contributed by atoms with Gasteiger partial charge in [-0.25, -0.2) is 9.78 Å². The molecule has 0 radical (unpaired) electrons. The molecule has 0 saturated heterocycles. The van der Waals surface area contributed by atoms with E-state index in [9.17, 15) is 15.2 Å².